The second-order valence-electron chi connectivity index (χ2n) is 3.23. The van der Waals surface area contributed by atoms with Crippen molar-refractivity contribution >= 4 is 15.9 Å². The largest absolute Gasteiger partial charge is 0.328 e. The minimum Gasteiger partial charge on any atom is -0.328 e. The molecule has 1 aromatic rings. The number of benzene rings is 1. The monoisotopic (exact) mass is 245 g/mol. The molecule has 0 amide bonds. The minimum absolute atomic E-state index is 0.0985. The molecule has 0 heterocycles. The second kappa shape index (κ2) is 4.72. The van der Waals surface area contributed by atoms with Gasteiger partial charge in [0, 0.05) is 10.5 Å². The van der Waals surface area contributed by atoms with E-state index in [9.17, 15) is 4.39 Å². The third-order valence-electron chi connectivity index (χ3n) is 1.81. The summed E-state index contributed by atoms with van der Waals surface area (Å²) in [5.74, 6) is 0. The molecule has 0 radical (unpaired) electrons. The van der Waals surface area contributed by atoms with Gasteiger partial charge in [-0.2, -0.15) is 0 Å². The average Bonchev–Trinajstić information content (AvgIpc) is 2.04. The van der Waals surface area contributed by atoms with Crippen molar-refractivity contribution in [2.75, 3.05) is 0 Å². The van der Waals surface area contributed by atoms with Crippen LogP contribution >= 0.6 is 15.9 Å². The van der Waals surface area contributed by atoms with Crippen LogP contribution < -0.4 is 5.73 Å². The normalized spacial score (nSPS) is 15.4. The van der Waals surface area contributed by atoms with E-state index in [1.54, 1.807) is 12.1 Å². The lowest BCUT2D eigenvalue weighted by Gasteiger charge is -2.10. The highest BCUT2D eigenvalue weighted by Gasteiger charge is 2.11. The van der Waals surface area contributed by atoms with Gasteiger partial charge in [-0.3, -0.25) is 0 Å². The predicted octanol–water partition coefficient (Wildman–Crippen LogP) is 3.20. The summed E-state index contributed by atoms with van der Waals surface area (Å²) < 4.78 is 14.4. The van der Waals surface area contributed by atoms with Crippen LogP contribution in [0, 0.1) is 0 Å². The first-order chi connectivity index (χ1) is 6.09. The number of nitrogens with two attached hydrogens (primary N) is 1. The molecule has 0 aromatic heterocycles. The molecule has 0 spiro atoms. The number of hydrogen-bond acceptors (Lipinski definition) is 1. The number of alkyl halides is 1. The Kier molecular flexibility index (Phi) is 3.88. The van der Waals surface area contributed by atoms with E-state index in [2.05, 4.69) is 15.9 Å². The maximum atomic E-state index is 13.4. The third kappa shape index (κ3) is 3.44. The molecule has 2 atom stereocenters. The lowest BCUT2D eigenvalue weighted by atomic mass is 10.0. The second-order valence-corrected chi connectivity index (χ2v) is 4.15. The summed E-state index contributed by atoms with van der Waals surface area (Å²) >= 11 is 3.30. The maximum absolute atomic E-state index is 13.4. The molecule has 0 aliphatic heterocycles. The molecule has 1 aromatic carbocycles. The minimum atomic E-state index is -0.951. The zero-order valence-electron chi connectivity index (χ0n) is 7.50. The summed E-state index contributed by atoms with van der Waals surface area (Å²) in [7, 11) is 0. The highest BCUT2D eigenvalue weighted by Crippen LogP contribution is 2.23. The summed E-state index contributed by atoms with van der Waals surface area (Å²) in [4.78, 5) is 0. The Balaban J connectivity index is 2.66. The van der Waals surface area contributed by atoms with Crippen molar-refractivity contribution in [3.05, 3.63) is 34.3 Å². The lowest BCUT2D eigenvalue weighted by molar-refractivity contribution is 0.307. The molecule has 13 heavy (non-hydrogen) atoms. The van der Waals surface area contributed by atoms with Crippen molar-refractivity contribution < 1.29 is 4.39 Å². The van der Waals surface area contributed by atoms with Crippen LogP contribution in [0.1, 0.15) is 25.1 Å². The van der Waals surface area contributed by atoms with Gasteiger partial charge in [0.15, 0.2) is 0 Å². The molecule has 0 bridgehead atoms. The fraction of sp³-hybridized carbons (Fsp3) is 0.400. The Bertz CT molecular complexity index is 258. The van der Waals surface area contributed by atoms with Gasteiger partial charge in [0.25, 0.3) is 0 Å². The van der Waals surface area contributed by atoms with E-state index in [-0.39, 0.29) is 6.04 Å². The predicted molar refractivity (Wildman–Crippen MR) is 56.3 cm³/mol. The number of hydrogen-bond donors (Lipinski definition) is 1. The Morgan fingerprint density at radius 3 is 2.38 bits per heavy atom. The fourth-order valence-electron chi connectivity index (χ4n) is 1.13. The molecule has 0 fully saturated rings. The Morgan fingerprint density at radius 1 is 1.38 bits per heavy atom. The Morgan fingerprint density at radius 2 is 1.92 bits per heavy atom. The van der Waals surface area contributed by atoms with Gasteiger partial charge < -0.3 is 5.73 Å². The van der Waals surface area contributed by atoms with Crippen LogP contribution in [0.2, 0.25) is 0 Å². The summed E-state index contributed by atoms with van der Waals surface area (Å²) in [5, 5.41) is 0. The van der Waals surface area contributed by atoms with Gasteiger partial charge in [-0.25, -0.2) is 4.39 Å². The van der Waals surface area contributed by atoms with Crippen molar-refractivity contribution in [1.82, 2.24) is 0 Å². The molecule has 3 heteroatoms. The van der Waals surface area contributed by atoms with Gasteiger partial charge in [0.05, 0.1) is 0 Å². The van der Waals surface area contributed by atoms with Crippen LogP contribution in [0.5, 0.6) is 0 Å². The van der Waals surface area contributed by atoms with E-state index in [0.717, 1.165) is 4.47 Å². The Hall–Kier alpha value is -0.410. The van der Waals surface area contributed by atoms with Crippen molar-refractivity contribution in [2.24, 2.45) is 5.73 Å². The van der Waals surface area contributed by atoms with Crippen molar-refractivity contribution in [3.8, 4) is 0 Å². The van der Waals surface area contributed by atoms with E-state index in [1.165, 1.54) is 0 Å². The zero-order chi connectivity index (χ0) is 9.84. The summed E-state index contributed by atoms with van der Waals surface area (Å²) in [6, 6.07) is 7.12. The summed E-state index contributed by atoms with van der Waals surface area (Å²) in [5.41, 5.74) is 6.21. The van der Waals surface area contributed by atoms with Gasteiger partial charge in [-0.15, -0.1) is 0 Å². The third-order valence-corrected chi connectivity index (χ3v) is 2.34. The van der Waals surface area contributed by atoms with E-state index in [1.807, 2.05) is 19.1 Å². The highest BCUT2D eigenvalue weighted by atomic mass is 79.9. The number of halogens is 2. The summed E-state index contributed by atoms with van der Waals surface area (Å²) in [6.07, 6.45) is -0.574. The van der Waals surface area contributed by atoms with Crippen LogP contribution in [0.4, 0.5) is 4.39 Å². The molecular formula is C10H13BrFN. The Labute approximate surface area is 86.3 Å². The molecule has 0 saturated heterocycles. The van der Waals surface area contributed by atoms with E-state index in [4.69, 9.17) is 5.73 Å². The molecule has 1 nitrogen and oxygen atoms in total. The first-order valence-corrected chi connectivity index (χ1v) is 5.04. The zero-order valence-corrected chi connectivity index (χ0v) is 9.09. The van der Waals surface area contributed by atoms with Gasteiger partial charge >= 0.3 is 0 Å². The lowest BCUT2D eigenvalue weighted by Crippen LogP contribution is -2.16. The maximum Gasteiger partial charge on any atom is 0.127 e. The van der Waals surface area contributed by atoms with Crippen molar-refractivity contribution in [1.29, 1.82) is 0 Å². The SMILES string of the molecule is CC(N)CC(F)c1ccc(Br)cc1. The van der Waals surface area contributed by atoms with Gasteiger partial charge in [0.1, 0.15) is 6.17 Å². The van der Waals surface area contributed by atoms with Gasteiger partial charge in [0.2, 0.25) is 0 Å². The standard InChI is InChI=1S/C10H13BrFN/c1-7(13)6-10(12)8-2-4-9(11)5-3-8/h2-5,7,10H,6,13H2,1H3. The molecule has 0 aliphatic carbocycles. The van der Waals surface area contributed by atoms with Crippen LogP contribution in [0.3, 0.4) is 0 Å². The van der Waals surface area contributed by atoms with Gasteiger partial charge in [-0.05, 0) is 31.0 Å². The van der Waals surface area contributed by atoms with Crippen LogP contribution in [0.25, 0.3) is 0 Å². The molecule has 2 N–H and O–H groups in total. The highest BCUT2D eigenvalue weighted by molar-refractivity contribution is 9.10. The van der Waals surface area contributed by atoms with Crippen LogP contribution in [0.15, 0.2) is 28.7 Å². The molecule has 1 rings (SSSR count). The molecule has 2 unspecified atom stereocenters. The smallest absolute Gasteiger partial charge is 0.127 e. The molecule has 72 valence electrons. The number of rotatable bonds is 3. The first-order valence-electron chi connectivity index (χ1n) is 4.24. The fourth-order valence-corrected chi connectivity index (χ4v) is 1.40. The van der Waals surface area contributed by atoms with E-state index >= 15 is 0 Å². The van der Waals surface area contributed by atoms with Crippen molar-refractivity contribution in [2.45, 2.75) is 25.6 Å². The van der Waals surface area contributed by atoms with Crippen molar-refractivity contribution in [3.63, 3.8) is 0 Å². The molecule has 0 aliphatic rings. The van der Waals surface area contributed by atoms with Crippen LogP contribution in [-0.4, -0.2) is 6.04 Å². The topological polar surface area (TPSA) is 26.0 Å². The van der Waals surface area contributed by atoms with Gasteiger partial charge in [-0.1, -0.05) is 28.1 Å². The molecule has 0 saturated carbocycles. The quantitative estimate of drug-likeness (QED) is 0.870. The average molecular weight is 246 g/mol. The first kappa shape index (κ1) is 10.7. The summed E-state index contributed by atoms with van der Waals surface area (Å²) in [6.45, 7) is 1.81. The van der Waals surface area contributed by atoms with Crippen LogP contribution in [-0.2, 0) is 0 Å². The van der Waals surface area contributed by atoms with E-state index in [0.29, 0.717) is 12.0 Å². The van der Waals surface area contributed by atoms with E-state index < -0.39 is 6.17 Å². The molecular weight excluding hydrogens is 233 g/mol.